The van der Waals surface area contributed by atoms with Crippen LogP contribution in [0.4, 0.5) is 5.69 Å². The van der Waals surface area contributed by atoms with Gasteiger partial charge >= 0.3 is 5.69 Å². The van der Waals surface area contributed by atoms with Gasteiger partial charge in [-0.25, -0.2) is 5.43 Å². The Morgan fingerprint density at radius 1 is 1.28 bits per heavy atom. The van der Waals surface area contributed by atoms with E-state index in [1.54, 1.807) is 13.0 Å². The van der Waals surface area contributed by atoms with Gasteiger partial charge in [-0.1, -0.05) is 6.07 Å². The Labute approximate surface area is 142 Å². The fourth-order valence-electron chi connectivity index (χ4n) is 1.87. The standard InChI is InChI=1S/C16H15N3O6/c1-10-2-5-15(12(6-10)19(23)24)25-9-16(22)18-17-8-11-3-4-13(20)14(21)7-11/h2-8,20-21H,9H2,1H3,(H,18,22)/b17-8+. The third kappa shape index (κ3) is 4.93. The lowest BCUT2D eigenvalue weighted by Gasteiger charge is -2.06. The molecule has 9 nitrogen and oxygen atoms in total. The summed E-state index contributed by atoms with van der Waals surface area (Å²) in [4.78, 5) is 22.0. The fourth-order valence-corrected chi connectivity index (χ4v) is 1.87. The highest BCUT2D eigenvalue weighted by Gasteiger charge is 2.16. The maximum absolute atomic E-state index is 11.7. The minimum Gasteiger partial charge on any atom is -0.504 e. The second-order valence-electron chi connectivity index (χ2n) is 5.06. The number of hydrogen-bond acceptors (Lipinski definition) is 7. The lowest BCUT2D eigenvalue weighted by atomic mass is 10.2. The predicted octanol–water partition coefficient (Wildman–Crippen LogP) is 1.84. The molecule has 25 heavy (non-hydrogen) atoms. The van der Waals surface area contributed by atoms with E-state index in [-0.39, 0.29) is 22.9 Å². The van der Waals surface area contributed by atoms with E-state index in [1.807, 2.05) is 0 Å². The summed E-state index contributed by atoms with van der Waals surface area (Å²) in [5.74, 6) is -1.22. The maximum Gasteiger partial charge on any atom is 0.311 e. The number of phenols is 2. The van der Waals surface area contributed by atoms with Crippen molar-refractivity contribution in [3.63, 3.8) is 0 Å². The summed E-state index contributed by atoms with van der Waals surface area (Å²) in [7, 11) is 0. The van der Waals surface area contributed by atoms with E-state index in [1.165, 1.54) is 36.5 Å². The number of aromatic hydroxyl groups is 2. The SMILES string of the molecule is Cc1ccc(OCC(=O)N/N=C/c2ccc(O)c(O)c2)c([N+](=O)[O-])c1. The summed E-state index contributed by atoms with van der Waals surface area (Å²) >= 11 is 0. The molecule has 0 bridgehead atoms. The number of carbonyl (C=O) groups excluding carboxylic acids is 1. The zero-order chi connectivity index (χ0) is 18.4. The molecule has 3 N–H and O–H groups in total. The monoisotopic (exact) mass is 345 g/mol. The molecule has 0 fully saturated rings. The van der Waals surface area contributed by atoms with Gasteiger partial charge in [0.25, 0.3) is 5.91 Å². The summed E-state index contributed by atoms with van der Waals surface area (Å²) in [5.41, 5.74) is 3.11. The summed E-state index contributed by atoms with van der Waals surface area (Å²) in [6.07, 6.45) is 1.26. The Morgan fingerprint density at radius 2 is 2.04 bits per heavy atom. The first-order chi connectivity index (χ1) is 11.9. The maximum atomic E-state index is 11.7. The Hall–Kier alpha value is -3.62. The molecule has 0 spiro atoms. The number of rotatable bonds is 6. The van der Waals surface area contributed by atoms with E-state index in [0.717, 1.165) is 0 Å². The van der Waals surface area contributed by atoms with Gasteiger partial charge in [-0.05, 0) is 42.3 Å². The van der Waals surface area contributed by atoms with Gasteiger partial charge in [0.05, 0.1) is 11.1 Å². The van der Waals surface area contributed by atoms with Crippen LogP contribution in [0, 0.1) is 17.0 Å². The molecule has 0 radical (unpaired) electrons. The minimum atomic E-state index is -0.617. The third-order valence-corrected chi connectivity index (χ3v) is 3.07. The van der Waals surface area contributed by atoms with E-state index in [0.29, 0.717) is 11.1 Å². The van der Waals surface area contributed by atoms with E-state index in [4.69, 9.17) is 4.74 Å². The van der Waals surface area contributed by atoms with E-state index < -0.39 is 17.4 Å². The van der Waals surface area contributed by atoms with Gasteiger partial charge < -0.3 is 14.9 Å². The van der Waals surface area contributed by atoms with Gasteiger partial charge in [-0.3, -0.25) is 14.9 Å². The quantitative estimate of drug-likeness (QED) is 0.316. The molecule has 0 saturated carbocycles. The van der Waals surface area contributed by atoms with Crippen LogP contribution in [0.3, 0.4) is 0 Å². The summed E-state index contributed by atoms with van der Waals surface area (Å²) in [6, 6.07) is 8.42. The van der Waals surface area contributed by atoms with Crippen molar-refractivity contribution in [1.82, 2.24) is 5.43 Å². The summed E-state index contributed by atoms with van der Waals surface area (Å²) in [5, 5.41) is 33.1. The lowest BCUT2D eigenvalue weighted by Crippen LogP contribution is -2.24. The van der Waals surface area contributed by atoms with E-state index in [9.17, 15) is 25.1 Å². The number of aryl methyl sites for hydroxylation is 1. The molecule has 0 aliphatic heterocycles. The number of nitrogens with zero attached hydrogens (tertiary/aromatic N) is 2. The molecule has 2 aromatic carbocycles. The topological polar surface area (TPSA) is 134 Å². The first-order valence-electron chi connectivity index (χ1n) is 7.08. The number of phenolic OH excluding ortho intramolecular Hbond substituents is 2. The molecule has 0 unspecified atom stereocenters. The summed E-state index contributed by atoms with van der Waals surface area (Å²) in [6.45, 7) is 1.25. The van der Waals surface area contributed by atoms with Crippen molar-refractivity contribution in [2.45, 2.75) is 6.92 Å². The minimum absolute atomic E-state index is 0.0156. The number of carbonyl (C=O) groups is 1. The van der Waals surface area contributed by atoms with Crippen LogP contribution in [0.5, 0.6) is 17.2 Å². The number of nitro groups is 1. The number of nitrogens with one attached hydrogen (secondary N) is 1. The fraction of sp³-hybridized carbons (Fsp3) is 0.125. The lowest BCUT2D eigenvalue weighted by molar-refractivity contribution is -0.385. The van der Waals surface area contributed by atoms with Crippen LogP contribution in [0.2, 0.25) is 0 Å². The van der Waals surface area contributed by atoms with Crippen molar-refractivity contribution < 1.29 is 24.7 Å². The highest BCUT2D eigenvalue weighted by molar-refractivity contribution is 5.83. The smallest absolute Gasteiger partial charge is 0.311 e. The Balaban J connectivity index is 1.92. The Morgan fingerprint density at radius 3 is 2.72 bits per heavy atom. The molecule has 0 aliphatic rings. The van der Waals surface area contributed by atoms with Crippen molar-refractivity contribution in [2.24, 2.45) is 5.10 Å². The first kappa shape index (κ1) is 17.7. The summed E-state index contributed by atoms with van der Waals surface area (Å²) < 4.78 is 5.15. The average Bonchev–Trinajstić information content (AvgIpc) is 2.56. The third-order valence-electron chi connectivity index (χ3n) is 3.07. The largest absolute Gasteiger partial charge is 0.504 e. The first-order valence-corrected chi connectivity index (χ1v) is 7.08. The second kappa shape index (κ2) is 7.77. The van der Waals surface area contributed by atoms with Gasteiger partial charge in [0.15, 0.2) is 23.9 Å². The highest BCUT2D eigenvalue weighted by Crippen LogP contribution is 2.27. The molecule has 2 aromatic rings. The number of ether oxygens (including phenoxy) is 1. The van der Waals surface area contributed by atoms with Crippen LogP contribution in [0.1, 0.15) is 11.1 Å². The molecular formula is C16H15N3O6. The zero-order valence-corrected chi connectivity index (χ0v) is 13.2. The van der Waals surface area contributed by atoms with E-state index >= 15 is 0 Å². The van der Waals surface area contributed by atoms with Gasteiger partial charge in [-0.15, -0.1) is 0 Å². The second-order valence-corrected chi connectivity index (χ2v) is 5.06. The molecule has 0 heterocycles. The van der Waals surface area contributed by atoms with Gasteiger partial charge in [-0.2, -0.15) is 5.10 Å². The molecule has 0 aliphatic carbocycles. The molecule has 1 amide bonds. The Bertz CT molecular complexity index is 835. The molecule has 2 rings (SSSR count). The van der Waals surface area contributed by atoms with Gasteiger partial charge in [0.1, 0.15) is 0 Å². The van der Waals surface area contributed by atoms with Crippen LogP contribution in [-0.4, -0.2) is 33.9 Å². The number of hydrazone groups is 1. The predicted molar refractivity (Wildman–Crippen MR) is 88.8 cm³/mol. The number of amides is 1. The van der Waals surface area contributed by atoms with Gasteiger partial charge in [0, 0.05) is 6.07 Å². The van der Waals surface area contributed by atoms with Crippen molar-refractivity contribution in [2.75, 3.05) is 6.61 Å². The molecule has 0 atom stereocenters. The highest BCUT2D eigenvalue weighted by atomic mass is 16.6. The van der Waals surface area contributed by atoms with E-state index in [2.05, 4.69) is 10.5 Å². The van der Waals surface area contributed by atoms with Crippen molar-refractivity contribution >= 4 is 17.8 Å². The van der Waals surface area contributed by atoms with Crippen molar-refractivity contribution in [3.8, 4) is 17.2 Å². The average molecular weight is 345 g/mol. The van der Waals surface area contributed by atoms with Crippen LogP contribution in [-0.2, 0) is 4.79 Å². The Kier molecular flexibility index (Phi) is 5.51. The van der Waals surface area contributed by atoms with Crippen LogP contribution < -0.4 is 10.2 Å². The normalized spacial score (nSPS) is 10.6. The molecule has 0 saturated heterocycles. The number of benzene rings is 2. The van der Waals surface area contributed by atoms with Gasteiger partial charge in [0.2, 0.25) is 0 Å². The number of nitro benzene ring substituents is 1. The van der Waals surface area contributed by atoms with Crippen molar-refractivity contribution in [3.05, 3.63) is 57.6 Å². The molecule has 0 aromatic heterocycles. The molecular weight excluding hydrogens is 330 g/mol. The van der Waals surface area contributed by atoms with Crippen molar-refractivity contribution in [1.29, 1.82) is 0 Å². The van der Waals surface area contributed by atoms with Crippen LogP contribution in [0.15, 0.2) is 41.5 Å². The molecule has 9 heteroatoms. The van der Waals surface area contributed by atoms with Crippen LogP contribution in [0.25, 0.3) is 0 Å². The van der Waals surface area contributed by atoms with Crippen LogP contribution >= 0.6 is 0 Å². The molecule has 130 valence electrons. The zero-order valence-electron chi connectivity index (χ0n) is 13.2. The number of hydrogen-bond donors (Lipinski definition) is 3.